The Balaban J connectivity index is 0.000000377. The number of hydrogen-bond acceptors (Lipinski definition) is 4. The van der Waals surface area contributed by atoms with Gasteiger partial charge in [0.1, 0.15) is 12.4 Å². The van der Waals surface area contributed by atoms with Crippen molar-refractivity contribution in [2.24, 2.45) is 0 Å². The number of carbonyl (C=O) groups is 2. The Morgan fingerprint density at radius 1 is 0.800 bits per heavy atom. The monoisotopic (exact) mass is 411 g/mol. The summed E-state index contributed by atoms with van der Waals surface area (Å²) in [6, 6.07) is 15.5. The van der Waals surface area contributed by atoms with E-state index in [-0.39, 0.29) is 0 Å². The molecule has 0 amide bonds. The Bertz CT molecular complexity index is 844. The van der Waals surface area contributed by atoms with E-state index in [1.807, 2.05) is 0 Å². The van der Waals surface area contributed by atoms with Crippen LogP contribution in [-0.2, 0) is 35.6 Å². The standard InChI is InChI=1S/C22H27NO.C2H2O4/c1-2-13-23(14-3-1)16-18-7-9-19(10-8-18)17-24-22-12-11-20-5-4-6-21(20)15-22;3-1(4)2(5)6/h7-12,15H,1-6,13-14,16-17H2;(H,3,4)(H,5,6). The summed E-state index contributed by atoms with van der Waals surface area (Å²) < 4.78 is 6.00. The van der Waals surface area contributed by atoms with E-state index in [9.17, 15) is 0 Å². The van der Waals surface area contributed by atoms with E-state index in [4.69, 9.17) is 24.5 Å². The number of nitrogens with zero attached hydrogens (tertiary/aromatic N) is 1. The summed E-state index contributed by atoms with van der Waals surface area (Å²) in [6.45, 7) is 4.25. The molecule has 0 radical (unpaired) electrons. The molecule has 6 heteroatoms. The first-order valence-electron chi connectivity index (χ1n) is 10.5. The van der Waals surface area contributed by atoms with Crippen molar-refractivity contribution >= 4 is 11.9 Å². The Morgan fingerprint density at radius 2 is 1.43 bits per heavy atom. The topological polar surface area (TPSA) is 87.1 Å². The van der Waals surface area contributed by atoms with Crippen LogP contribution >= 0.6 is 0 Å². The molecule has 1 saturated heterocycles. The Kier molecular flexibility index (Phi) is 7.85. The van der Waals surface area contributed by atoms with E-state index in [2.05, 4.69) is 47.4 Å². The summed E-state index contributed by atoms with van der Waals surface area (Å²) in [5, 5.41) is 14.8. The van der Waals surface area contributed by atoms with Crippen LogP contribution in [0.25, 0.3) is 0 Å². The van der Waals surface area contributed by atoms with E-state index in [0.717, 1.165) is 12.3 Å². The summed E-state index contributed by atoms with van der Waals surface area (Å²) in [6.07, 6.45) is 7.83. The molecule has 6 nitrogen and oxygen atoms in total. The maximum absolute atomic E-state index is 9.10. The minimum atomic E-state index is -1.82. The van der Waals surface area contributed by atoms with Crippen LogP contribution < -0.4 is 4.74 Å². The van der Waals surface area contributed by atoms with Crippen molar-refractivity contribution in [3.63, 3.8) is 0 Å². The van der Waals surface area contributed by atoms with Gasteiger partial charge in [0.2, 0.25) is 0 Å². The maximum atomic E-state index is 9.10. The predicted molar refractivity (Wildman–Crippen MR) is 114 cm³/mol. The number of benzene rings is 2. The van der Waals surface area contributed by atoms with E-state index in [0.29, 0.717) is 6.61 Å². The van der Waals surface area contributed by atoms with E-state index in [1.165, 1.54) is 73.9 Å². The number of rotatable bonds is 5. The number of aryl methyl sites for hydroxylation is 2. The number of piperidine rings is 1. The van der Waals surface area contributed by atoms with Crippen LogP contribution in [0.15, 0.2) is 42.5 Å². The molecule has 0 bridgehead atoms. The summed E-state index contributed by atoms with van der Waals surface area (Å²) in [7, 11) is 0. The molecule has 0 atom stereocenters. The van der Waals surface area contributed by atoms with Gasteiger partial charge in [-0.2, -0.15) is 0 Å². The third-order valence-electron chi connectivity index (χ3n) is 5.54. The first-order valence-corrected chi connectivity index (χ1v) is 10.5. The highest BCUT2D eigenvalue weighted by atomic mass is 16.5. The molecule has 30 heavy (non-hydrogen) atoms. The second-order valence-corrected chi connectivity index (χ2v) is 7.84. The number of likely N-dealkylation sites (tertiary alicyclic amines) is 1. The van der Waals surface area contributed by atoms with Gasteiger partial charge in [0.05, 0.1) is 0 Å². The fourth-order valence-electron chi connectivity index (χ4n) is 3.92. The fourth-order valence-corrected chi connectivity index (χ4v) is 3.92. The first kappa shape index (κ1) is 21.8. The Labute approximate surface area is 177 Å². The molecule has 2 N–H and O–H groups in total. The molecule has 0 unspecified atom stereocenters. The van der Waals surface area contributed by atoms with Gasteiger partial charge in [0.25, 0.3) is 0 Å². The van der Waals surface area contributed by atoms with Gasteiger partial charge in [-0.15, -0.1) is 0 Å². The Morgan fingerprint density at radius 3 is 2.10 bits per heavy atom. The quantitative estimate of drug-likeness (QED) is 0.726. The summed E-state index contributed by atoms with van der Waals surface area (Å²) in [5.74, 6) is -2.64. The van der Waals surface area contributed by atoms with Crippen LogP contribution in [-0.4, -0.2) is 40.1 Å². The number of ether oxygens (including phenoxy) is 1. The van der Waals surface area contributed by atoms with Crippen molar-refractivity contribution in [2.75, 3.05) is 13.1 Å². The van der Waals surface area contributed by atoms with Gasteiger partial charge in [-0.1, -0.05) is 36.8 Å². The molecule has 1 aliphatic carbocycles. The zero-order chi connectivity index (χ0) is 21.3. The molecule has 1 heterocycles. The van der Waals surface area contributed by atoms with Crippen molar-refractivity contribution in [3.05, 3.63) is 64.7 Å². The van der Waals surface area contributed by atoms with Gasteiger partial charge in [-0.3, -0.25) is 4.90 Å². The lowest BCUT2D eigenvalue weighted by atomic mass is 10.1. The zero-order valence-electron chi connectivity index (χ0n) is 17.2. The van der Waals surface area contributed by atoms with Crippen LogP contribution in [0.5, 0.6) is 5.75 Å². The number of carboxylic acid groups (broad SMARTS) is 2. The second-order valence-electron chi connectivity index (χ2n) is 7.84. The molecule has 1 aliphatic heterocycles. The van der Waals surface area contributed by atoms with Crippen molar-refractivity contribution in [2.45, 2.75) is 51.7 Å². The van der Waals surface area contributed by atoms with E-state index < -0.39 is 11.9 Å². The minimum absolute atomic E-state index is 0.656. The average Bonchev–Trinajstić information content (AvgIpc) is 3.22. The highest BCUT2D eigenvalue weighted by Crippen LogP contribution is 2.26. The highest BCUT2D eigenvalue weighted by molar-refractivity contribution is 6.27. The van der Waals surface area contributed by atoms with Gasteiger partial charge in [-0.05, 0) is 79.6 Å². The smallest absolute Gasteiger partial charge is 0.414 e. The molecular formula is C24H29NO5. The molecule has 0 spiro atoms. The molecule has 4 rings (SSSR count). The molecule has 2 aliphatic rings. The molecule has 0 saturated carbocycles. The normalized spacial score (nSPS) is 15.6. The number of hydrogen-bond donors (Lipinski definition) is 2. The van der Waals surface area contributed by atoms with Gasteiger partial charge in [0, 0.05) is 6.54 Å². The van der Waals surface area contributed by atoms with Crippen LogP contribution in [0.3, 0.4) is 0 Å². The SMILES string of the molecule is O=C(O)C(=O)O.c1cc(CN2CCCCC2)ccc1COc1ccc2c(c1)CCC2. The number of carboxylic acids is 2. The first-order chi connectivity index (χ1) is 14.5. The fraction of sp³-hybridized carbons (Fsp3) is 0.417. The zero-order valence-corrected chi connectivity index (χ0v) is 17.2. The largest absolute Gasteiger partial charge is 0.489 e. The molecule has 1 fully saturated rings. The van der Waals surface area contributed by atoms with Crippen LogP contribution in [0.4, 0.5) is 0 Å². The number of aliphatic carboxylic acids is 2. The molecule has 2 aromatic carbocycles. The molecular weight excluding hydrogens is 382 g/mol. The lowest BCUT2D eigenvalue weighted by molar-refractivity contribution is -0.159. The lowest BCUT2D eigenvalue weighted by Crippen LogP contribution is -2.29. The van der Waals surface area contributed by atoms with Crippen molar-refractivity contribution in [3.8, 4) is 5.75 Å². The third kappa shape index (κ3) is 6.59. The molecule has 2 aromatic rings. The van der Waals surface area contributed by atoms with Gasteiger partial charge >= 0.3 is 11.9 Å². The van der Waals surface area contributed by atoms with Crippen molar-refractivity contribution < 1.29 is 24.5 Å². The van der Waals surface area contributed by atoms with Gasteiger partial charge in [-0.25, -0.2) is 9.59 Å². The summed E-state index contributed by atoms with van der Waals surface area (Å²) in [4.78, 5) is 20.8. The second kappa shape index (κ2) is 10.8. The van der Waals surface area contributed by atoms with Crippen LogP contribution in [0.2, 0.25) is 0 Å². The summed E-state index contributed by atoms with van der Waals surface area (Å²) in [5.41, 5.74) is 5.64. The Hall–Kier alpha value is -2.86. The van der Waals surface area contributed by atoms with Crippen molar-refractivity contribution in [1.29, 1.82) is 0 Å². The van der Waals surface area contributed by atoms with E-state index >= 15 is 0 Å². The van der Waals surface area contributed by atoms with Crippen LogP contribution in [0, 0.1) is 0 Å². The molecule has 0 aromatic heterocycles. The van der Waals surface area contributed by atoms with Gasteiger partial charge in [0.15, 0.2) is 0 Å². The van der Waals surface area contributed by atoms with Gasteiger partial charge < -0.3 is 14.9 Å². The average molecular weight is 411 g/mol. The predicted octanol–water partition coefficient (Wildman–Crippen LogP) is 3.90. The van der Waals surface area contributed by atoms with E-state index in [1.54, 1.807) is 0 Å². The minimum Gasteiger partial charge on any atom is -0.489 e. The van der Waals surface area contributed by atoms with Crippen molar-refractivity contribution in [1.82, 2.24) is 4.90 Å². The third-order valence-corrected chi connectivity index (χ3v) is 5.54. The number of fused-ring (bicyclic) bond motifs is 1. The summed E-state index contributed by atoms with van der Waals surface area (Å²) >= 11 is 0. The van der Waals surface area contributed by atoms with Crippen LogP contribution in [0.1, 0.15) is 47.9 Å². The highest BCUT2D eigenvalue weighted by Gasteiger charge is 2.12. The maximum Gasteiger partial charge on any atom is 0.414 e. The molecule has 160 valence electrons. The lowest BCUT2D eigenvalue weighted by Gasteiger charge is -2.26.